The summed E-state index contributed by atoms with van der Waals surface area (Å²) in [6.07, 6.45) is 1.04. The second-order valence-electron chi connectivity index (χ2n) is 7.68. The van der Waals surface area contributed by atoms with Gasteiger partial charge in [0.05, 0.1) is 0 Å². The van der Waals surface area contributed by atoms with E-state index in [0.29, 0.717) is 0 Å². The molecule has 1 heterocycles. The first-order valence-electron chi connectivity index (χ1n) is 10.5. The Kier molecular flexibility index (Phi) is 4.79. The van der Waals surface area contributed by atoms with Crippen molar-refractivity contribution in [3.8, 4) is 0 Å². The molecule has 0 aliphatic carbocycles. The third kappa shape index (κ3) is 3.30. The summed E-state index contributed by atoms with van der Waals surface area (Å²) in [4.78, 5) is 0. The minimum absolute atomic E-state index is 0.895. The van der Waals surface area contributed by atoms with E-state index in [9.17, 15) is 0 Å². The van der Waals surface area contributed by atoms with Gasteiger partial charge < -0.3 is 9.88 Å². The van der Waals surface area contributed by atoms with Crippen molar-refractivity contribution in [1.82, 2.24) is 9.88 Å². The average molecular weight is 379 g/mol. The molecule has 0 saturated heterocycles. The summed E-state index contributed by atoms with van der Waals surface area (Å²) in [7, 11) is 0. The van der Waals surface area contributed by atoms with Crippen molar-refractivity contribution in [1.29, 1.82) is 0 Å². The van der Waals surface area contributed by atoms with Crippen LogP contribution in [0.15, 0.2) is 84.9 Å². The summed E-state index contributed by atoms with van der Waals surface area (Å²) in [5.74, 6) is 0. The predicted octanol–water partition coefficient (Wildman–Crippen LogP) is 6.30. The van der Waals surface area contributed by atoms with Gasteiger partial charge in [-0.05, 0) is 60.0 Å². The molecule has 144 valence electrons. The molecule has 0 aliphatic heterocycles. The van der Waals surface area contributed by atoms with E-state index >= 15 is 0 Å². The van der Waals surface area contributed by atoms with Crippen LogP contribution in [0.25, 0.3) is 32.6 Å². The molecule has 0 atom stereocenters. The monoisotopic (exact) mass is 378 g/mol. The number of aromatic nitrogens is 1. The lowest BCUT2D eigenvalue weighted by Gasteiger charge is -2.09. The zero-order valence-electron chi connectivity index (χ0n) is 16.9. The molecule has 2 heteroatoms. The molecule has 1 aromatic heterocycles. The Bertz CT molecular complexity index is 1290. The van der Waals surface area contributed by atoms with Crippen LogP contribution in [0.4, 0.5) is 0 Å². The van der Waals surface area contributed by atoms with Gasteiger partial charge in [-0.15, -0.1) is 0 Å². The first-order chi connectivity index (χ1) is 14.3. The van der Waals surface area contributed by atoms with Crippen molar-refractivity contribution < 1.29 is 0 Å². The Morgan fingerprint density at radius 1 is 0.724 bits per heavy atom. The molecule has 0 aliphatic rings. The second kappa shape index (κ2) is 7.73. The number of rotatable bonds is 6. The first kappa shape index (κ1) is 18.0. The van der Waals surface area contributed by atoms with E-state index in [1.54, 1.807) is 0 Å². The number of fused-ring (bicyclic) bond motifs is 4. The predicted molar refractivity (Wildman–Crippen MR) is 124 cm³/mol. The normalized spacial score (nSPS) is 11.6. The fourth-order valence-corrected chi connectivity index (χ4v) is 4.52. The Morgan fingerprint density at radius 2 is 1.48 bits per heavy atom. The number of hydrogen-bond donors (Lipinski definition) is 1. The lowest BCUT2D eigenvalue weighted by atomic mass is 10.0. The lowest BCUT2D eigenvalue weighted by molar-refractivity contribution is 0.689. The molecule has 0 saturated carbocycles. The molecule has 0 unspecified atom stereocenters. The summed E-state index contributed by atoms with van der Waals surface area (Å²) in [5, 5.41) is 9.04. The molecule has 0 radical (unpaired) electrons. The van der Waals surface area contributed by atoms with Gasteiger partial charge in [0.1, 0.15) is 0 Å². The van der Waals surface area contributed by atoms with Crippen molar-refractivity contribution in [3.63, 3.8) is 0 Å². The van der Waals surface area contributed by atoms with Gasteiger partial charge in [0.25, 0.3) is 0 Å². The molecule has 0 spiro atoms. The van der Waals surface area contributed by atoms with Crippen LogP contribution in [0.3, 0.4) is 0 Å². The Hall–Kier alpha value is -3.10. The van der Waals surface area contributed by atoms with Crippen molar-refractivity contribution in [3.05, 3.63) is 96.1 Å². The van der Waals surface area contributed by atoms with E-state index in [-0.39, 0.29) is 0 Å². The quantitative estimate of drug-likeness (QED) is 0.343. The van der Waals surface area contributed by atoms with Crippen LogP contribution in [-0.4, -0.2) is 11.1 Å². The lowest BCUT2D eigenvalue weighted by Crippen LogP contribution is -2.16. The molecule has 0 fully saturated rings. The smallest absolute Gasteiger partial charge is 0.0491 e. The van der Waals surface area contributed by atoms with Crippen LogP contribution in [0.5, 0.6) is 0 Å². The molecule has 1 N–H and O–H groups in total. The number of nitrogens with one attached hydrogen (secondary N) is 1. The molecular formula is C27H26N2. The van der Waals surface area contributed by atoms with Crippen molar-refractivity contribution in [2.24, 2.45) is 0 Å². The molecule has 5 rings (SSSR count). The highest BCUT2D eigenvalue weighted by molar-refractivity contribution is 6.08. The third-order valence-electron chi connectivity index (χ3n) is 5.93. The topological polar surface area (TPSA) is 17.0 Å². The molecule has 0 bridgehead atoms. The summed E-state index contributed by atoms with van der Waals surface area (Å²) < 4.78 is 2.41. The van der Waals surface area contributed by atoms with Gasteiger partial charge in [0.2, 0.25) is 0 Å². The highest BCUT2D eigenvalue weighted by atomic mass is 15.0. The van der Waals surface area contributed by atoms with Crippen LogP contribution >= 0.6 is 0 Å². The van der Waals surface area contributed by atoms with Crippen molar-refractivity contribution in [2.45, 2.75) is 26.4 Å². The SMILES string of the molecule is CCn1c2ccccc2c2cc(CNCCc3cccc4ccccc34)ccc21. The van der Waals surface area contributed by atoms with E-state index in [4.69, 9.17) is 0 Å². The first-order valence-corrected chi connectivity index (χ1v) is 10.5. The van der Waals surface area contributed by atoms with Crippen LogP contribution < -0.4 is 5.32 Å². The molecule has 0 amide bonds. The fraction of sp³-hybridized carbons (Fsp3) is 0.185. The highest BCUT2D eigenvalue weighted by Crippen LogP contribution is 2.29. The van der Waals surface area contributed by atoms with E-state index in [0.717, 1.165) is 26.1 Å². The second-order valence-corrected chi connectivity index (χ2v) is 7.68. The Labute approximate surface area is 171 Å². The van der Waals surface area contributed by atoms with Crippen LogP contribution in [0, 0.1) is 0 Å². The molecular weight excluding hydrogens is 352 g/mol. The minimum Gasteiger partial charge on any atom is -0.341 e. The zero-order chi connectivity index (χ0) is 19.6. The summed E-state index contributed by atoms with van der Waals surface area (Å²) >= 11 is 0. The third-order valence-corrected chi connectivity index (χ3v) is 5.93. The summed E-state index contributed by atoms with van der Waals surface area (Å²) in [6.45, 7) is 5.08. The van der Waals surface area contributed by atoms with E-state index < -0.39 is 0 Å². The fourth-order valence-electron chi connectivity index (χ4n) is 4.52. The number of benzene rings is 4. The van der Waals surface area contributed by atoms with E-state index in [1.165, 1.54) is 43.7 Å². The maximum Gasteiger partial charge on any atom is 0.0491 e. The maximum absolute atomic E-state index is 3.64. The largest absolute Gasteiger partial charge is 0.341 e. The van der Waals surface area contributed by atoms with Gasteiger partial charge >= 0.3 is 0 Å². The Balaban J connectivity index is 1.33. The van der Waals surface area contributed by atoms with Gasteiger partial charge in [-0.1, -0.05) is 66.7 Å². The minimum atomic E-state index is 0.895. The molecule has 29 heavy (non-hydrogen) atoms. The van der Waals surface area contributed by atoms with Gasteiger partial charge in [0.15, 0.2) is 0 Å². The summed E-state index contributed by atoms with van der Waals surface area (Å²) in [6, 6.07) is 30.9. The van der Waals surface area contributed by atoms with Gasteiger partial charge in [-0.25, -0.2) is 0 Å². The Morgan fingerprint density at radius 3 is 2.38 bits per heavy atom. The number of nitrogens with zero attached hydrogens (tertiary/aromatic N) is 1. The van der Waals surface area contributed by atoms with Crippen molar-refractivity contribution in [2.75, 3.05) is 6.54 Å². The number of hydrogen-bond acceptors (Lipinski definition) is 1. The molecule has 4 aromatic carbocycles. The number of para-hydroxylation sites is 1. The molecule has 5 aromatic rings. The van der Waals surface area contributed by atoms with Gasteiger partial charge in [0, 0.05) is 34.9 Å². The molecule has 2 nitrogen and oxygen atoms in total. The van der Waals surface area contributed by atoms with E-state index in [1.807, 2.05) is 0 Å². The van der Waals surface area contributed by atoms with Crippen LogP contribution in [-0.2, 0) is 19.5 Å². The zero-order valence-corrected chi connectivity index (χ0v) is 16.9. The van der Waals surface area contributed by atoms with Gasteiger partial charge in [-0.2, -0.15) is 0 Å². The van der Waals surface area contributed by atoms with E-state index in [2.05, 4.69) is 102 Å². The maximum atomic E-state index is 3.64. The van der Waals surface area contributed by atoms with Crippen LogP contribution in [0.2, 0.25) is 0 Å². The van der Waals surface area contributed by atoms with Crippen molar-refractivity contribution >= 4 is 32.6 Å². The standard InChI is InChI=1S/C27H26N2/c1-2-29-26-13-6-5-12-24(26)25-18-20(14-15-27(25)29)19-28-17-16-22-10-7-9-21-8-3-4-11-23(21)22/h3-15,18,28H,2,16-17,19H2,1H3. The number of aryl methyl sites for hydroxylation is 1. The van der Waals surface area contributed by atoms with Crippen LogP contribution in [0.1, 0.15) is 18.1 Å². The average Bonchev–Trinajstić information content (AvgIpc) is 3.10. The highest BCUT2D eigenvalue weighted by Gasteiger charge is 2.09. The van der Waals surface area contributed by atoms with Gasteiger partial charge in [-0.3, -0.25) is 0 Å². The summed E-state index contributed by atoms with van der Waals surface area (Å²) in [5.41, 5.74) is 5.41.